The van der Waals surface area contributed by atoms with E-state index in [1.54, 1.807) is 0 Å². The van der Waals surface area contributed by atoms with Crippen LogP contribution in [0.25, 0.3) is 0 Å². The second-order valence-corrected chi connectivity index (χ2v) is 12.4. The van der Waals surface area contributed by atoms with Crippen molar-refractivity contribution < 1.29 is 34.2 Å². The molecule has 0 saturated carbocycles. The Bertz CT molecular complexity index is 638. The Morgan fingerprint density at radius 1 is 0.429 bits per heavy atom. The molecule has 42 heavy (non-hydrogen) atoms. The molecule has 0 radical (unpaired) electrons. The third-order valence-electron chi connectivity index (χ3n) is 8.46. The molecule has 0 aromatic carbocycles. The van der Waals surface area contributed by atoms with Gasteiger partial charge < -0.3 is 19.8 Å². The van der Waals surface area contributed by atoms with Crippen LogP contribution in [-0.2, 0) is 14.4 Å². The maximum atomic E-state index is 11.0. The molecular weight excluding hydrogens is 530 g/mol. The molecule has 0 fully saturated rings. The summed E-state index contributed by atoms with van der Waals surface area (Å²) in [4.78, 5) is 33.0. The third kappa shape index (κ3) is 28.2. The Kier molecular flexibility index (Phi) is 27.9. The number of unbranched alkanes of at least 4 members (excludes halogenated alkanes) is 17. The first-order valence-corrected chi connectivity index (χ1v) is 17.5. The van der Waals surface area contributed by atoms with E-state index in [4.69, 9.17) is 15.3 Å². The molecule has 7 nitrogen and oxygen atoms in total. The predicted octanol–water partition coefficient (Wildman–Crippen LogP) is 9.39. The molecular formula is C35H66NO6+. The molecule has 0 unspecified atom stereocenters. The molecule has 3 N–H and O–H groups in total. The van der Waals surface area contributed by atoms with Crippen molar-refractivity contribution in [3.8, 4) is 0 Å². The van der Waals surface area contributed by atoms with E-state index in [1.165, 1.54) is 77.0 Å². The normalized spacial score (nSPS) is 11.8. The van der Waals surface area contributed by atoms with Crippen LogP contribution in [0, 0.1) is 0 Å². The lowest BCUT2D eigenvalue weighted by Gasteiger charge is -2.39. The highest BCUT2D eigenvalue weighted by atomic mass is 16.4. The largest absolute Gasteiger partial charge is 0.481 e. The molecule has 0 atom stereocenters. The van der Waals surface area contributed by atoms with Gasteiger partial charge in [-0.05, 0) is 77.0 Å². The van der Waals surface area contributed by atoms with Gasteiger partial charge in [0.15, 0.2) is 0 Å². The van der Waals surface area contributed by atoms with Crippen LogP contribution in [0.2, 0.25) is 0 Å². The molecule has 0 aromatic heterocycles. The predicted molar refractivity (Wildman–Crippen MR) is 173 cm³/mol. The highest BCUT2D eigenvalue weighted by Crippen LogP contribution is 2.19. The Labute approximate surface area is 257 Å². The van der Waals surface area contributed by atoms with Gasteiger partial charge in [0.1, 0.15) is 0 Å². The smallest absolute Gasteiger partial charge is 0.303 e. The van der Waals surface area contributed by atoms with Crippen molar-refractivity contribution >= 4 is 17.9 Å². The number of nitrogens with zero attached hydrogens (tertiary/aromatic N) is 1. The SMILES string of the molecule is CCCCCCCCCCCCC/C=C/CCCCC[N+](CCCCC(=O)O)(CCCCC(=O)O)CCCCC(=O)O. The lowest BCUT2D eigenvalue weighted by Crippen LogP contribution is -2.51. The van der Waals surface area contributed by atoms with Crippen molar-refractivity contribution in [2.24, 2.45) is 0 Å². The highest BCUT2D eigenvalue weighted by molar-refractivity contribution is 5.67. The van der Waals surface area contributed by atoms with Crippen LogP contribution >= 0.6 is 0 Å². The van der Waals surface area contributed by atoms with Crippen molar-refractivity contribution in [1.82, 2.24) is 0 Å². The van der Waals surface area contributed by atoms with Gasteiger partial charge >= 0.3 is 17.9 Å². The van der Waals surface area contributed by atoms with Crippen molar-refractivity contribution in [1.29, 1.82) is 0 Å². The van der Waals surface area contributed by atoms with Gasteiger partial charge in [0.2, 0.25) is 0 Å². The van der Waals surface area contributed by atoms with Crippen LogP contribution in [0.5, 0.6) is 0 Å². The lowest BCUT2D eigenvalue weighted by atomic mass is 10.0. The Hall–Kier alpha value is -1.89. The zero-order chi connectivity index (χ0) is 31.2. The van der Waals surface area contributed by atoms with Gasteiger partial charge in [-0.15, -0.1) is 0 Å². The monoisotopic (exact) mass is 596 g/mol. The standard InChI is InChI=1S/C35H65NO6/c1-2-3-4-5-6-7-8-9-10-11-12-13-14-15-16-17-18-22-29-36(30-23-19-26-33(37)38,31-24-20-27-34(39)40)32-25-21-28-35(41)42/h14-15H,2-13,16-32H2,1H3,(H2-,37,38,39,40,41,42)/p+1/b15-14+. The summed E-state index contributed by atoms with van der Waals surface area (Å²) < 4.78 is 0.855. The minimum absolute atomic E-state index is 0.170. The molecule has 0 bridgehead atoms. The second kappa shape index (κ2) is 29.2. The third-order valence-corrected chi connectivity index (χ3v) is 8.46. The van der Waals surface area contributed by atoms with E-state index in [2.05, 4.69) is 19.1 Å². The van der Waals surface area contributed by atoms with Gasteiger partial charge in [-0.2, -0.15) is 0 Å². The van der Waals surface area contributed by atoms with Gasteiger partial charge in [0, 0.05) is 19.3 Å². The second-order valence-electron chi connectivity index (χ2n) is 12.4. The highest BCUT2D eigenvalue weighted by Gasteiger charge is 2.26. The first-order valence-electron chi connectivity index (χ1n) is 17.5. The van der Waals surface area contributed by atoms with Crippen LogP contribution in [-0.4, -0.2) is 63.9 Å². The molecule has 0 heterocycles. The summed E-state index contributed by atoms with van der Waals surface area (Å²) in [6, 6.07) is 0. The average molecular weight is 597 g/mol. The molecule has 0 amide bonds. The molecule has 0 aliphatic rings. The van der Waals surface area contributed by atoms with Gasteiger partial charge in [-0.3, -0.25) is 14.4 Å². The zero-order valence-electron chi connectivity index (χ0n) is 27.2. The van der Waals surface area contributed by atoms with Gasteiger partial charge in [0.25, 0.3) is 0 Å². The van der Waals surface area contributed by atoms with E-state index in [-0.39, 0.29) is 19.3 Å². The maximum Gasteiger partial charge on any atom is 0.303 e. The van der Waals surface area contributed by atoms with E-state index in [0.717, 1.165) is 75.6 Å². The Morgan fingerprint density at radius 2 is 0.714 bits per heavy atom. The van der Waals surface area contributed by atoms with Crippen molar-refractivity contribution in [3.05, 3.63) is 12.2 Å². The number of carboxylic acids is 3. The number of carbonyl (C=O) groups is 3. The molecule has 0 aliphatic heterocycles. The van der Waals surface area contributed by atoms with Crippen LogP contribution < -0.4 is 0 Å². The Balaban J connectivity index is 4.39. The Morgan fingerprint density at radius 3 is 1.05 bits per heavy atom. The van der Waals surface area contributed by atoms with Gasteiger partial charge in [-0.25, -0.2) is 0 Å². The number of carboxylic acid groups (broad SMARTS) is 3. The number of allylic oxidation sites excluding steroid dienone is 2. The minimum atomic E-state index is -0.771. The number of hydrogen-bond donors (Lipinski definition) is 3. The molecule has 0 aliphatic carbocycles. The number of rotatable bonds is 33. The van der Waals surface area contributed by atoms with Crippen LogP contribution in [0.3, 0.4) is 0 Å². The topological polar surface area (TPSA) is 112 Å². The van der Waals surface area contributed by atoms with E-state index in [0.29, 0.717) is 19.3 Å². The van der Waals surface area contributed by atoms with Crippen LogP contribution in [0.4, 0.5) is 0 Å². The molecule has 0 rings (SSSR count). The maximum absolute atomic E-state index is 11.0. The first-order chi connectivity index (χ1) is 20.3. The fraction of sp³-hybridized carbons (Fsp3) is 0.857. The number of hydrogen-bond acceptors (Lipinski definition) is 3. The van der Waals surface area contributed by atoms with E-state index in [1.807, 2.05) is 0 Å². The van der Waals surface area contributed by atoms with E-state index < -0.39 is 17.9 Å². The molecule has 0 aromatic rings. The quantitative estimate of drug-likeness (QED) is 0.0395. The van der Waals surface area contributed by atoms with Crippen LogP contribution in [0.15, 0.2) is 12.2 Å². The molecule has 0 spiro atoms. The summed E-state index contributed by atoms with van der Waals surface area (Å²) >= 11 is 0. The van der Waals surface area contributed by atoms with Crippen molar-refractivity contribution in [3.63, 3.8) is 0 Å². The van der Waals surface area contributed by atoms with Gasteiger partial charge in [0.05, 0.1) is 26.2 Å². The summed E-state index contributed by atoms with van der Waals surface area (Å²) in [6.45, 7) is 5.91. The first kappa shape index (κ1) is 40.1. The summed E-state index contributed by atoms with van der Waals surface area (Å²) in [6.07, 6.45) is 30.4. The van der Waals surface area contributed by atoms with Gasteiger partial charge in [-0.1, -0.05) is 83.3 Å². The summed E-state index contributed by atoms with van der Waals surface area (Å²) in [5.74, 6) is -2.31. The number of quaternary nitrogens is 1. The van der Waals surface area contributed by atoms with E-state index >= 15 is 0 Å². The summed E-state index contributed by atoms with van der Waals surface area (Å²) in [5.41, 5.74) is 0. The van der Waals surface area contributed by atoms with Crippen molar-refractivity contribution in [2.45, 2.75) is 167 Å². The summed E-state index contributed by atoms with van der Waals surface area (Å²) in [5, 5.41) is 27.1. The lowest BCUT2D eigenvalue weighted by molar-refractivity contribution is -0.929. The van der Waals surface area contributed by atoms with E-state index in [9.17, 15) is 14.4 Å². The van der Waals surface area contributed by atoms with Crippen LogP contribution in [0.1, 0.15) is 167 Å². The minimum Gasteiger partial charge on any atom is -0.481 e. The summed E-state index contributed by atoms with van der Waals surface area (Å²) in [7, 11) is 0. The van der Waals surface area contributed by atoms with Crippen molar-refractivity contribution in [2.75, 3.05) is 26.2 Å². The fourth-order valence-electron chi connectivity index (χ4n) is 5.89. The molecule has 0 saturated heterocycles. The fourth-order valence-corrected chi connectivity index (χ4v) is 5.89. The molecule has 246 valence electrons. The zero-order valence-corrected chi connectivity index (χ0v) is 27.2. The molecule has 7 heteroatoms. The number of aliphatic carboxylic acids is 3. The average Bonchev–Trinajstić information content (AvgIpc) is 2.94.